The summed E-state index contributed by atoms with van der Waals surface area (Å²) in [7, 11) is 0. The van der Waals surface area contributed by atoms with Crippen LogP contribution in [0.3, 0.4) is 0 Å². The Labute approximate surface area is 119 Å². The molecule has 2 rings (SSSR count). The van der Waals surface area contributed by atoms with Crippen molar-refractivity contribution < 1.29 is 19.1 Å². The second kappa shape index (κ2) is 6.00. The molecule has 0 aliphatic heterocycles. The fourth-order valence-electron chi connectivity index (χ4n) is 1.84. The number of fused-ring (bicyclic) bond motifs is 1. The van der Waals surface area contributed by atoms with E-state index in [4.69, 9.17) is 5.11 Å². The Bertz CT molecular complexity index is 653. The maximum Gasteiger partial charge on any atom is 0.303 e. The average Bonchev–Trinajstić information content (AvgIpc) is 2.78. The van der Waals surface area contributed by atoms with Gasteiger partial charge in [0.15, 0.2) is 0 Å². The molecule has 0 fully saturated rings. The van der Waals surface area contributed by atoms with Gasteiger partial charge in [-0.15, -0.1) is 11.3 Å². The van der Waals surface area contributed by atoms with E-state index in [-0.39, 0.29) is 24.1 Å². The molecule has 2 aromatic rings. The largest absolute Gasteiger partial charge is 0.481 e. The third kappa shape index (κ3) is 3.54. The van der Waals surface area contributed by atoms with Crippen molar-refractivity contribution in [2.75, 3.05) is 6.54 Å². The molecule has 0 bridgehead atoms. The molecule has 4 nitrogen and oxygen atoms in total. The van der Waals surface area contributed by atoms with Gasteiger partial charge >= 0.3 is 5.97 Å². The van der Waals surface area contributed by atoms with Gasteiger partial charge in [0.25, 0.3) is 5.91 Å². The molecule has 20 heavy (non-hydrogen) atoms. The number of hydrogen-bond donors (Lipinski definition) is 2. The third-order valence-corrected chi connectivity index (χ3v) is 3.94. The highest BCUT2D eigenvalue weighted by Gasteiger charge is 2.13. The highest BCUT2D eigenvalue weighted by atomic mass is 32.1. The lowest BCUT2D eigenvalue weighted by Crippen LogP contribution is -2.28. The van der Waals surface area contributed by atoms with Crippen LogP contribution >= 0.6 is 11.3 Å². The molecule has 0 saturated carbocycles. The zero-order valence-corrected chi connectivity index (χ0v) is 11.7. The predicted octanol–water partition coefficient (Wildman–Crippen LogP) is 2.88. The van der Waals surface area contributed by atoms with Gasteiger partial charge in [-0.3, -0.25) is 9.59 Å². The van der Waals surface area contributed by atoms with Gasteiger partial charge < -0.3 is 10.4 Å². The van der Waals surface area contributed by atoms with Gasteiger partial charge in [0.1, 0.15) is 5.82 Å². The van der Waals surface area contributed by atoms with Gasteiger partial charge in [-0.25, -0.2) is 4.39 Å². The van der Waals surface area contributed by atoms with Crippen molar-refractivity contribution in [2.45, 2.75) is 13.3 Å². The van der Waals surface area contributed by atoms with Gasteiger partial charge in [0.05, 0.1) is 4.88 Å². The lowest BCUT2D eigenvalue weighted by atomic mass is 10.1. The van der Waals surface area contributed by atoms with E-state index in [0.29, 0.717) is 16.1 Å². The molecule has 1 aromatic carbocycles. The standard InChI is InChI=1S/C14H14FNO3S/c1-8(4-13(17)18)7-16-14(19)12-5-9-2-3-10(15)6-11(9)20-12/h2-3,5-6,8H,4,7H2,1H3,(H,16,19)(H,17,18). The van der Waals surface area contributed by atoms with Crippen molar-refractivity contribution in [1.82, 2.24) is 5.32 Å². The Kier molecular flexibility index (Phi) is 4.34. The number of halogens is 1. The van der Waals surface area contributed by atoms with Crippen LogP contribution in [0.1, 0.15) is 23.0 Å². The van der Waals surface area contributed by atoms with Crippen molar-refractivity contribution in [1.29, 1.82) is 0 Å². The number of aliphatic carboxylic acids is 1. The zero-order valence-electron chi connectivity index (χ0n) is 10.9. The molecule has 1 amide bonds. The van der Waals surface area contributed by atoms with E-state index in [1.807, 2.05) is 0 Å². The van der Waals surface area contributed by atoms with E-state index >= 15 is 0 Å². The Morgan fingerprint density at radius 3 is 2.85 bits per heavy atom. The molecule has 0 saturated heterocycles. The number of hydrogen-bond acceptors (Lipinski definition) is 3. The fraction of sp³-hybridized carbons (Fsp3) is 0.286. The highest BCUT2D eigenvalue weighted by molar-refractivity contribution is 7.20. The number of benzene rings is 1. The number of carboxylic acid groups (broad SMARTS) is 1. The van der Waals surface area contributed by atoms with Crippen LogP contribution in [0.4, 0.5) is 4.39 Å². The summed E-state index contributed by atoms with van der Waals surface area (Å²) in [5.74, 6) is -1.61. The number of carbonyl (C=O) groups excluding carboxylic acids is 1. The van der Waals surface area contributed by atoms with Crippen molar-refractivity contribution in [3.63, 3.8) is 0 Å². The van der Waals surface area contributed by atoms with E-state index in [9.17, 15) is 14.0 Å². The Morgan fingerprint density at radius 1 is 1.40 bits per heavy atom. The first-order valence-electron chi connectivity index (χ1n) is 6.15. The third-order valence-electron chi connectivity index (χ3n) is 2.84. The number of thiophene rings is 1. The Balaban J connectivity index is 2.02. The quantitative estimate of drug-likeness (QED) is 0.891. The van der Waals surface area contributed by atoms with Crippen molar-refractivity contribution >= 4 is 33.3 Å². The minimum absolute atomic E-state index is 0.0118. The van der Waals surface area contributed by atoms with Crippen molar-refractivity contribution in [3.8, 4) is 0 Å². The second-order valence-corrected chi connectivity index (χ2v) is 5.79. The van der Waals surface area contributed by atoms with Crippen molar-refractivity contribution in [2.24, 2.45) is 5.92 Å². The summed E-state index contributed by atoms with van der Waals surface area (Å²) in [6, 6.07) is 6.08. The van der Waals surface area contributed by atoms with Crippen LogP contribution in [0.25, 0.3) is 10.1 Å². The van der Waals surface area contributed by atoms with Crippen LogP contribution < -0.4 is 5.32 Å². The molecule has 1 heterocycles. The molecule has 0 aliphatic carbocycles. The van der Waals surface area contributed by atoms with Gasteiger partial charge in [0.2, 0.25) is 0 Å². The number of rotatable bonds is 5. The second-order valence-electron chi connectivity index (χ2n) is 4.71. The number of amides is 1. The molecule has 0 spiro atoms. The predicted molar refractivity (Wildman–Crippen MR) is 75.5 cm³/mol. The smallest absolute Gasteiger partial charge is 0.303 e. The summed E-state index contributed by atoms with van der Waals surface area (Å²) in [4.78, 5) is 23.0. The van der Waals surface area contributed by atoms with Crippen LogP contribution in [0, 0.1) is 11.7 Å². The summed E-state index contributed by atoms with van der Waals surface area (Å²) in [5.41, 5.74) is 0. The van der Waals surface area contributed by atoms with Gasteiger partial charge in [-0.2, -0.15) is 0 Å². The molecule has 1 unspecified atom stereocenters. The van der Waals surface area contributed by atoms with E-state index in [1.54, 1.807) is 19.1 Å². The van der Waals surface area contributed by atoms with Gasteiger partial charge in [-0.05, 0) is 29.5 Å². The van der Waals surface area contributed by atoms with E-state index in [1.165, 1.54) is 23.5 Å². The highest BCUT2D eigenvalue weighted by Crippen LogP contribution is 2.26. The van der Waals surface area contributed by atoms with E-state index in [2.05, 4.69) is 5.32 Å². The first-order valence-corrected chi connectivity index (χ1v) is 6.96. The van der Waals surface area contributed by atoms with Crippen LogP contribution in [0.15, 0.2) is 24.3 Å². The molecule has 0 radical (unpaired) electrons. The monoisotopic (exact) mass is 295 g/mol. The summed E-state index contributed by atoms with van der Waals surface area (Å²) in [6.07, 6.45) is 0.0118. The SMILES string of the molecule is CC(CNC(=O)c1cc2ccc(F)cc2s1)CC(=O)O. The molecule has 6 heteroatoms. The maximum atomic E-state index is 13.1. The minimum Gasteiger partial charge on any atom is -0.481 e. The summed E-state index contributed by atoms with van der Waals surface area (Å²) in [5, 5.41) is 12.2. The number of carboxylic acids is 1. The molecular formula is C14H14FNO3S. The Morgan fingerprint density at radius 2 is 2.15 bits per heavy atom. The normalized spacial score (nSPS) is 12.3. The summed E-state index contributed by atoms with van der Waals surface area (Å²) >= 11 is 1.22. The average molecular weight is 295 g/mol. The molecular weight excluding hydrogens is 281 g/mol. The van der Waals surface area contributed by atoms with Gasteiger partial charge in [0, 0.05) is 17.7 Å². The first kappa shape index (κ1) is 14.5. The molecule has 106 valence electrons. The van der Waals surface area contributed by atoms with Crippen LogP contribution in [-0.2, 0) is 4.79 Å². The maximum absolute atomic E-state index is 13.1. The van der Waals surface area contributed by atoms with E-state index < -0.39 is 5.97 Å². The number of carbonyl (C=O) groups is 2. The van der Waals surface area contributed by atoms with Gasteiger partial charge in [-0.1, -0.05) is 13.0 Å². The minimum atomic E-state index is -0.885. The van der Waals surface area contributed by atoms with E-state index in [0.717, 1.165) is 5.39 Å². The summed E-state index contributed by atoms with van der Waals surface area (Å²) in [6.45, 7) is 2.06. The molecule has 0 aliphatic rings. The molecule has 1 aromatic heterocycles. The first-order chi connectivity index (χ1) is 9.45. The van der Waals surface area contributed by atoms with Crippen molar-refractivity contribution in [3.05, 3.63) is 35.0 Å². The fourth-order valence-corrected chi connectivity index (χ4v) is 2.85. The lowest BCUT2D eigenvalue weighted by Gasteiger charge is -2.09. The molecule has 2 N–H and O–H groups in total. The number of nitrogens with one attached hydrogen (secondary N) is 1. The topological polar surface area (TPSA) is 66.4 Å². The van der Waals surface area contributed by atoms with Crippen LogP contribution in [0.2, 0.25) is 0 Å². The molecule has 1 atom stereocenters. The zero-order chi connectivity index (χ0) is 14.7. The van der Waals surface area contributed by atoms with Crippen LogP contribution in [0.5, 0.6) is 0 Å². The lowest BCUT2D eigenvalue weighted by molar-refractivity contribution is -0.137. The Hall–Kier alpha value is -1.95. The van der Waals surface area contributed by atoms with Crippen LogP contribution in [-0.4, -0.2) is 23.5 Å². The summed E-state index contributed by atoms with van der Waals surface area (Å²) < 4.78 is 13.8.